The monoisotopic (exact) mass is 426 g/mol. The van der Waals surface area contributed by atoms with Crippen molar-refractivity contribution in [1.82, 2.24) is 4.98 Å². The number of nitriles is 2. The van der Waals surface area contributed by atoms with Crippen molar-refractivity contribution in [1.29, 1.82) is 10.5 Å². The number of benzene rings is 1. The van der Waals surface area contributed by atoms with E-state index >= 15 is 0 Å². The third-order valence-electron chi connectivity index (χ3n) is 5.16. The van der Waals surface area contributed by atoms with Gasteiger partial charge in [0, 0.05) is 24.2 Å². The third kappa shape index (κ3) is 4.77. The first-order valence-corrected chi connectivity index (χ1v) is 11.1. The van der Waals surface area contributed by atoms with Gasteiger partial charge in [-0.1, -0.05) is 41.7 Å². The van der Waals surface area contributed by atoms with E-state index in [4.69, 9.17) is 9.72 Å². The molecule has 0 unspecified atom stereocenters. The number of thiazole rings is 1. The first kappa shape index (κ1) is 20.7. The van der Waals surface area contributed by atoms with Crippen LogP contribution in [0.25, 0.3) is 17.3 Å². The van der Waals surface area contributed by atoms with Crippen LogP contribution in [-0.2, 0) is 4.74 Å². The van der Waals surface area contributed by atoms with E-state index in [2.05, 4.69) is 17.0 Å². The fourth-order valence-electron chi connectivity index (χ4n) is 3.65. The summed E-state index contributed by atoms with van der Waals surface area (Å²) in [6.45, 7) is 3.90. The zero-order valence-electron chi connectivity index (χ0n) is 17.3. The molecule has 0 N–H and O–H groups in total. The molecule has 2 aliphatic rings. The van der Waals surface area contributed by atoms with Gasteiger partial charge in [0.1, 0.15) is 29.2 Å². The van der Waals surface area contributed by atoms with Gasteiger partial charge in [-0.15, -0.1) is 0 Å². The van der Waals surface area contributed by atoms with Crippen molar-refractivity contribution in [3.63, 3.8) is 0 Å². The second-order valence-electron chi connectivity index (χ2n) is 7.41. The fourth-order valence-corrected chi connectivity index (χ4v) is 4.70. The summed E-state index contributed by atoms with van der Waals surface area (Å²) in [7, 11) is 0. The number of hydrogen-bond donors (Lipinski definition) is 0. The maximum atomic E-state index is 9.19. The van der Waals surface area contributed by atoms with E-state index in [-0.39, 0.29) is 5.57 Å². The lowest BCUT2D eigenvalue weighted by atomic mass is 10.1. The molecule has 0 saturated carbocycles. The van der Waals surface area contributed by atoms with Crippen LogP contribution >= 0.6 is 11.3 Å². The molecule has 0 bridgehead atoms. The van der Waals surface area contributed by atoms with Crippen LogP contribution in [0.2, 0.25) is 0 Å². The van der Waals surface area contributed by atoms with Gasteiger partial charge in [-0.3, -0.25) is 0 Å². The number of anilines is 1. The lowest BCUT2D eigenvalue weighted by molar-refractivity contribution is 0.318. The van der Waals surface area contributed by atoms with Crippen molar-refractivity contribution in [2.24, 2.45) is 0 Å². The van der Waals surface area contributed by atoms with Crippen molar-refractivity contribution in [2.45, 2.75) is 26.2 Å². The lowest BCUT2D eigenvalue weighted by Crippen LogP contribution is -2.29. The average molecular weight is 427 g/mol. The van der Waals surface area contributed by atoms with E-state index in [0.717, 1.165) is 34.4 Å². The van der Waals surface area contributed by atoms with Gasteiger partial charge in [0.25, 0.3) is 0 Å². The van der Waals surface area contributed by atoms with Crippen LogP contribution in [0, 0.1) is 22.7 Å². The van der Waals surface area contributed by atoms with E-state index in [1.54, 1.807) is 23.5 Å². The Labute approximate surface area is 186 Å². The summed E-state index contributed by atoms with van der Waals surface area (Å²) in [6.07, 6.45) is 11.0. The Morgan fingerprint density at radius 1 is 1.06 bits per heavy atom. The van der Waals surface area contributed by atoms with E-state index < -0.39 is 0 Å². The van der Waals surface area contributed by atoms with Gasteiger partial charge in [0.15, 0.2) is 5.13 Å². The molecule has 0 spiro atoms. The molecule has 31 heavy (non-hydrogen) atoms. The van der Waals surface area contributed by atoms with Crippen molar-refractivity contribution in [2.75, 3.05) is 18.0 Å². The average Bonchev–Trinajstić information content (AvgIpc) is 3.24. The molecule has 3 heterocycles. The summed E-state index contributed by atoms with van der Waals surface area (Å²) in [5.41, 5.74) is 2.67. The molecule has 2 aromatic rings. The highest BCUT2D eigenvalue weighted by Crippen LogP contribution is 2.35. The van der Waals surface area contributed by atoms with E-state index in [1.165, 1.54) is 19.3 Å². The predicted octanol–water partition coefficient (Wildman–Crippen LogP) is 5.98. The van der Waals surface area contributed by atoms with Crippen LogP contribution in [0.3, 0.4) is 0 Å². The van der Waals surface area contributed by atoms with Crippen LogP contribution in [0.15, 0.2) is 71.2 Å². The topological polar surface area (TPSA) is 72.9 Å². The van der Waals surface area contributed by atoms with Crippen molar-refractivity contribution in [3.8, 4) is 23.4 Å². The van der Waals surface area contributed by atoms with E-state index in [1.807, 2.05) is 49.4 Å². The predicted molar refractivity (Wildman–Crippen MR) is 124 cm³/mol. The summed E-state index contributed by atoms with van der Waals surface area (Å²) in [5, 5.41) is 19.4. The normalized spacial score (nSPS) is 16.2. The Bertz CT molecular complexity index is 1150. The molecular formula is C25H22N4OS. The molecule has 0 aliphatic carbocycles. The molecule has 5 nitrogen and oxygen atoms in total. The number of allylic oxidation sites excluding steroid dienone is 6. The molecule has 4 rings (SSSR count). The third-order valence-corrected chi connectivity index (χ3v) is 6.24. The first-order valence-electron chi connectivity index (χ1n) is 10.3. The molecule has 6 heteroatoms. The quantitative estimate of drug-likeness (QED) is 0.563. The second kappa shape index (κ2) is 9.47. The number of hydrogen-bond acceptors (Lipinski definition) is 6. The van der Waals surface area contributed by atoms with Gasteiger partial charge < -0.3 is 9.64 Å². The van der Waals surface area contributed by atoms with Crippen LogP contribution in [0.5, 0.6) is 0 Å². The summed E-state index contributed by atoms with van der Waals surface area (Å²) < 4.78 is 5.80. The Morgan fingerprint density at radius 2 is 1.81 bits per heavy atom. The second-order valence-corrected chi connectivity index (χ2v) is 8.42. The number of rotatable bonds is 4. The summed E-state index contributed by atoms with van der Waals surface area (Å²) in [4.78, 5) is 8.40. The standard InChI is InChI=1S/C25H22N4OS/c1-18-14-20(21(16-26)17-27)15-22(30-18)10-11-23-24(19-8-4-2-5-9-19)28-25(31-23)29-12-6-3-7-13-29/h2,4-5,8-11,14-15H,3,6-7,12-13H2,1H3/b11-10+. The minimum Gasteiger partial charge on any atom is -0.462 e. The van der Waals surface area contributed by atoms with Gasteiger partial charge in [-0.2, -0.15) is 10.5 Å². The van der Waals surface area contributed by atoms with E-state index in [0.29, 0.717) is 17.1 Å². The van der Waals surface area contributed by atoms with Gasteiger partial charge in [0.05, 0.1) is 10.6 Å². The van der Waals surface area contributed by atoms with E-state index in [9.17, 15) is 10.5 Å². The van der Waals surface area contributed by atoms with Crippen LogP contribution in [-0.4, -0.2) is 18.1 Å². The number of nitrogens with zero attached hydrogens (tertiary/aromatic N) is 4. The van der Waals surface area contributed by atoms with Crippen LogP contribution < -0.4 is 4.90 Å². The molecule has 0 atom stereocenters. The maximum absolute atomic E-state index is 9.19. The number of aromatic nitrogens is 1. The molecule has 0 amide bonds. The smallest absolute Gasteiger partial charge is 0.186 e. The fraction of sp³-hybridized carbons (Fsp3) is 0.240. The summed E-state index contributed by atoms with van der Waals surface area (Å²) in [6, 6.07) is 14.1. The first-order chi connectivity index (χ1) is 15.2. The van der Waals surface area contributed by atoms with Crippen molar-refractivity contribution < 1.29 is 4.74 Å². The highest BCUT2D eigenvalue weighted by Gasteiger charge is 2.18. The molecule has 1 aromatic heterocycles. The molecule has 1 fully saturated rings. The zero-order chi connectivity index (χ0) is 21.6. The molecule has 1 aromatic carbocycles. The summed E-state index contributed by atoms with van der Waals surface area (Å²) >= 11 is 1.68. The Balaban J connectivity index is 1.69. The largest absolute Gasteiger partial charge is 0.462 e. The Kier molecular flexibility index (Phi) is 6.31. The minimum atomic E-state index is 0.0729. The van der Waals surface area contributed by atoms with Gasteiger partial charge >= 0.3 is 0 Å². The SMILES string of the molecule is CC1=CC(=C(C#N)C#N)C=C(/C=C/c2sc(N3CCCCC3)nc2-c2ccccc2)O1. The Morgan fingerprint density at radius 3 is 2.52 bits per heavy atom. The van der Waals surface area contributed by atoms with Gasteiger partial charge in [0.2, 0.25) is 0 Å². The maximum Gasteiger partial charge on any atom is 0.186 e. The number of ether oxygens (including phenoxy) is 1. The molecule has 1 saturated heterocycles. The number of piperidine rings is 1. The lowest BCUT2D eigenvalue weighted by Gasteiger charge is -2.25. The molecule has 154 valence electrons. The highest BCUT2D eigenvalue weighted by atomic mass is 32.1. The summed E-state index contributed by atoms with van der Waals surface area (Å²) in [5.74, 6) is 1.23. The molecule has 0 radical (unpaired) electrons. The van der Waals surface area contributed by atoms with Gasteiger partial charge in [-0.25, -0.2) is 4.98 Å². The van der Waals surface area contributed by atoms with Crippen molar-refractivity contribution in [3.05, 3.63) is 76.1 Å². The Hall–Kier alpha value is -3.61. The van der Waals surface area contributed by atoms with Crippen molar-refractivity contribution >= 4 is 22.5 Å². The van der Waals surface area contributed by atoms with Crippen LogP contribution in [0.1, 0.15) is 31.1 Å². The van der Waals surface area contributed by atoms with Gasteiger partial charge in [-0.05, 0) is 50.5 Å². The molecule has 2 aliphatic heterocycles. The van der Waals surface area contributed by atoms with Crippen LogP contribution in [0.4, 0.5) is 5.13 Å². The molecular weight excluding hydrogens is 404 g/mol. The minimum absolute atomic E-state index is 0.0729. The zero-order valence-corrected chi connectivity index (χ0v) is 18.2. The highest BCUT2D eigenvalue weighted by molar-refractivity contribution is 7.16.